The van der Waals surface area contributed by atoms with Crippen LogP contribution in [0.2, 0.25) is 0 Å². The topological polar surface area (TPSA) is 50.4 Å². The molecule has 1 fully saturated rings. The summed E-state index contributed by atoms with van der Waals surface area (Å²) in [6.07, 6.45) is 4.41. The third-order valence-corrected chi connectivity index (χ3v) is 3.56. The highest BCUT2D eigenvalue weighted by atomic mass is 16.6. The smallest absolute Gasteiger partial charge is 0.407 e. The van der Waals surface area contributed by atoms with Gasteiger partial charge >= 0.3 is 6.09 Å². The molecule has 0 heterocycles. The molecule has 112 valence electrons. The van der Waals surface area contributed by atoms with Gasteiger partial charge in [-0.15, -0.1) is 0 Å². The second-order valence-corrected chi connectivity index (χ2v) is 6.77. The molecule has 4 heteroatoms. The van der Waals surface area contributed by atoms with Crippen LogP contribution in [-0.2, 0) is 4.74 Å². The molecule has 2 N–H and O–H groups in total. The molecule has 1 amide bonds. The zero-order chi connectivity index (χ0) is 14.5. The van der Waals surface area contributed by atoms with Crippen LogP contribution < -0.4 is 10.6 Å². The second-order valence-electron chi connectivity index (χ2n) is 6.77. The van der Waals surface area contributed by atoms with E-state index < -0.39 is 5.60 Å². The second kappa shape index (κ2) is 7.13. The maximum Gasteiger partial charge on any atom is 0.407 e. The van der Waals surface area contributed by atoms with Gasteiger partial charge in [0.1, 0.15) is 5.60 Å². The summed E-state index contributed by atoms with van der Waals surface area (Å²) in [5, 5.41) is 6.50. The van der Waals surface area contributed by atoms with Crippen LogP contribution in [0.25, 0.3) is 0 Å². The van der Waals surface area contributed by atoms with Crippen molar-refractivity contribution in [3.63, 3.8) is 0 Å². The van der Waals surface area contributed by atoms with E-state index in [1.807, 2.05) is 20.8 Å². The van der Waals surface area contributed by atoms with Gasteiger partial charge < -0.3 is 15.4 Å². The summed E-state index contributed by atoms with van der Waals surface area (Å²) in [6.45, 7) is 10.9. The van der Waals surface area contributed by atoms with Gasteiger partial charge in [0.05, 0.1) is 0 Å². The van der Waals surface area contributed by atoms with Crippen LogP contribution in [0.15, 0.2) is 0 Å². The van der Waals surface area contributed by atoms with Crippen molar-refractivity contribution in [1.82, 2.24) is 10.6 Å². The highest BCUT2D eigenvalue weighted by molar-refractivity contribution is 5.68. The first kappa shape index (κ1) is 16.3. The Labute approximate surface area is 117 Å². The summed E-state index contributed by atoms with van der Waals surface area (Å²) < 4.78 is 5.28. The Bertz CT molecular complexity index is 286. The van der Waals surface area contributed by atoms with E-state index >= 15 is 0 Å². The standard InChI is InChI=1S/C15H30N2O2/c1-6-12(17-14(18)19-15(3,4)5)10-16-13-8-7-11(2)9-13/h11-13,16H,6-10H2,1-5H3,(H,17,18). The third kappa shape index (κ3) is 6.81. The first-order valence-electron chi connectivity index (χ1n) is 7.53. The van der Waals surface area contributed by atoms with Crippen molar-refractivity contribution >= 4 is 6.09 Å². The van der Waals surface area contributed by atoms with Crippen LogP contribution in [0.1, 0.15) is 60.3 Å². The molecule has 1 aliphatic carbocycles. The lowest BCUT2D eigenvalue weighted by atomic mass is 10.1. The lowest BCUT2D eigenvalue weighted by Gasteiger charge is -2.24. The van der Waals surface area contributed by atoms with Crippen LogP contribution in [0, 0.1) is 5.92 Å². The van der Waals surface area contributed by atoms with Crippen LogP contribution in [0.3, 0.4) is 0 Å². The minimum atomic E-state index is -0.434. The largest absolute Gasteiger partial charge is 0.444 e. The quantitative estimate of drug-likeness (QED) is 0.807. The van der Waals surface area contributed by atoms with Gasteiger partial charge in [-0.2, -0.15) is 0 Å². The van der Waals surface area contributed by atoms with Crippen molar-refractivity contribution in [2.45, 2.75) is 78.0 Å². The summed E-state index contributed by atoms with van der Waals surface area (Å²) in [4.78, 5) is 11.7. The van der Waals surface area contributed by atoms with Crippen LogP contribution in [0.5, 0.6) is 0 Å². The molecule has 1 aliphatic rings. The van der Waals surface area contributed by atoms with E-state index in [1.54, 1.807) is 0 Å². The van der Waals surface area contributed by atoms with Gasteiger partial charge in [0.2, 0.25) is 0 Å². The lowest BCUT2D eigenvalue weighted by molar-refractivity contribution is 0.0502. The average Bonchev–Trinajstić information content (AvgIpc) is 2.67. The van der Waals surface area contributed by atoms with Crippen molar-refractivity contribution in [2.24, 2.45) is 5.92 Å². The molecule has 1 rings (SSSR count). The maximum absolute atomic E-state index is 11.7. The minimum Gasteiger partial charge on any atom is -0.444 e. The van der Waals surface area contributed by atoms with Crippen molar-refractivity contribution in [1.29, 1.82) is 0 Å². The first-order chi connectivity index (χ1) is 8.80. The van der Waals surface area contributed by atoms with Gasteiger partial charge in [-0.3, -0.25) is 0 Å². The number of hydrogen-bond acceptors (Lipinski definition) is 3. The fraction of sp³-hybridized carbons (Fsp3) is 0.933. The molecule has 1 saturated carbocycles. The van der Waals surface area contributed by atoms with Crippen LogP contribution in [0.4, 0.5) is 4.79 Å². The Kier molecular flexibility index (Phi) is 6.11. The highest BCUT2D eigenvalue weighted by Gasteiger charge is 2.23. The summed E-state index contributed by atoms with van der Waals surface area (Å²) >= 11 is 0. The molecule has 0 radical (unpaired) electrons. The van der Waals surface area contributed by atoms with Crippen molar-refractivity contribution in [3.8, 4) is 0 Å². The van der Waals surface area contributed by atoms with E-state index in [1.165, 1.54) is 19.3 Å². The Hall–Kier alpha value is -0.770. The van der Waals surface area contributed by atoms with Gasteiger partial charge in [-0.25, -0.2) is 4.79 Å². The molecule has 19 heavy (non-hydrogen) atoms. The maximum atomic E-state index is 11.7. The molecule has 0 bridgehead atoms. The predicted octanol–water partition coefficient (Wildman–Crippen LogP) is 3.07. The molecule has 0 aromatic rings. The molecule has 0 spiro atoms. The van der Waals surface area contributed by atoms with Crippen molar-refractivity contribution in [3.05, 3.63) is 0 Å². The normalized spacial score (nSPS) is 25.1. The molecule has 0 saturated heterocycles. The van der Waals surface area contributed by atoms with E-state index in [-0.39, 0.29) is 12.1 Å². The fourth-order valence-corrected chi connectivity index (χ4v) is 2.47. The molecule has 0 aliphatic heterocycles. The monoisotopic (exact) mass is 270 g/mol. The van der Waals surface area contributed by atoms with E-state index in [0.717, 1.165) is 18.9 Å². The molecule has 0 aromatic carbocycles. The van der Waals surface area contributed by atoms with Gasteiger partial charge in [-0.05, 0) is 52.4 Å². The zero-order valence-electron chi connectivity index (χ0n) is 13.1. The van der Waals surface area contributed by atoms with Crippen molar-refractivity contribution < 1.29 is 9.53 Å². The Morgan fingerprint density at radius 3 is 2.53 bits per heavy atom. The molecular formula is C15H30N2O2. The summed E-state index contributed by atoms with van der Waals surface area (Å²) in [5.41, 5.74) is -0.434. The number of alkyl carbamates (subject to hydrolysis) is 1. The fourth-order valence-electron chi connectivity index (χ4n) is 2.47. The van der Waals surface area contributed by atoms with Crippen LogP contribution in [-0.4, -0.2) is 30.3 Å². The SMILES string of the molecule is CCC(CNC1CCC(C)C1)NC(=O)OC(C)(C)C. The molecule has 4 nitrogen and oxygen atoms in total. The van der Waals surface area contributed by atoms with E-state index in [0.29, 0.717) is 6.04 Å². The first-order valence-corrected chi connectivity index (χ1v) is 7.53. The summed E-state index contributed by atoms with van der Waals surface area (Å²) in [7, 11) is 0. The average molecular weight is 270 g/mol. The number of amides is 1. The number of rotatable bonds is 5. The van der Waals surface area contributed by atoms with Crippen LogP contribution >= 0.6 is 0 Å². The molecule has 3 atom stereocenters. The Balaban J connectivity index is 2.27. The highest BCUT2D eigenvalue weighted by Crippen LogP contribution is 2.24. The molecule has 0 aromatic heterocycles. The Morgan fingerprint density at radius 2 is 2.05 bits per heavy atom. The van der Waals surface area contributed by atoms with Gasteiger partial charge in [0, 0.05) is 18.6 Å². The molecular weight excluding hydrogens is 240 g/mol. The third-order valence-electron chi connectivity index (χ3n) is 3.56. The number of carbonyl (C=O) groups excluding carboxylic acids is 1. The molecule has 3 unspecified atom stereocenters. The number of hydrogen-bond donors (Lipinski definition) is 2. The summed E-state index contributed by atoms with van der Waals surface area (Å²) in [5.74, 6) is 0.830. The number of carbonyl (C=O) groups is 1. The van der Waals surface area contributed by atoms with Gasteiger partial charge in [-0.1, -0.05) is 13.8 Å². The summed E-state index contributed by atoms with van der Waals surface area (Å²) in [6, 6.07) is 0.759. The number of nitrogens with one attached hydrogen (secondary N) is 2. The minimum absolute atomic E-state index is 0.144. The Morgan fingerprint density at radius 1 is 1.37 bits per heavy atom. The van der Waals surface area contributed by atoms with Gasteiger partial charge in [0.25, 0.3) is 0 Å². The lowest BCUT2D eigenvalue weighted by Crippen LogP contribution is -2.45. The van der Waals surface area contributed by atoms with E-state index in [9.17, 15) is 4.79 Å². The number of ether oxygens (including phenoxy) is 1. The zero-order valence-corrected chi connectivity index (χ0v) is 13.1. The van der Waals surface area contributed by atoms with Gasteiger partial charge in [0.15, 0.2) is 0 Å². The van der Waals surface area contributed by atoms with Crippen molar-refractivity contribution in [2.75, 3.05) is 6.54 Å². The predicted molar refractivity (Wildman–Crippen MR) is 78.3 cm³/mol. The van der Waals surface area contributed by atoms with E-state index in [4.69, 9.17) is 4.74 Å². The van der Waals surface area contributed by atoms with E-state index in [2.05, 4.69) is 24.5 Å².